The lowest BCUT2D eigenvalue weighted by Crippen LogP contribution is -2.51. The van der Waals surface area contributed by atoms with E-state index in [0.29, 0.717) is 24.1 Å². The molecule has 2 aromatic rings. The van der Waals surface area contributed by atoms with Gasteiger partial charge in [-0.15, -0.1) is 23.7 Å². The van der Waals surface area contributed by atoms with Crippen molar-refractivity contribution >= 4 is 45.7 Å². The first-order chi connectivity index (χ1) is 11.7. The largest absolute Gasteiger partial charge is 0.381 e. The maximum atomic E-state index is 6.08. The number of aryl methyl sites for hydroxylation is 1. The van der Waals surface area contributed by atoms with Gasteiger partial charge >= 0.3 is 0 Å². The molecule has 2 aliphatic heterocycles. The Balaban J connectivity index is 0.00000157. The Labute approximate surface area is 157 Å². The number of rotatable bonds is 2. The van der Waals surface area contributed by atoms with E-state index in [4.69, 9.17) is 10.5 Å². The summed E-state index contributed by atoms with van der Waals surface area (Å²) in [4.78, 5) is 13.1. The number of fused-ring (bicyclic) bond motifs is 5. The van der Waals surface area contributed by atoms with E-state index in [2.05, 4.69) is 20.2 Å². The summed E-state index contributed by atoms with van der Waals surface area (Å²) in [6, 6.07) is 1.17. The van der Waals surface area contributed by atoms with Crippen LogP contribution < -0.4 is 16.0 Å². The fraction of sp³-hybridized carbons (Fsp3) is 0.647. The van der Waals surface area contributed by atoms with E-state index < -0.39 is 0 Å². The number of aromatic nitrogens is 2. The topological polar surface area (TPSA) is 76.3 Å². The maximum absolute atomic E-state index is 6.08. The summed E-state index contributed by atoms with van der Waals surface area (Å²) in [5.41, 5.74) is 8.48. The molecule has 2 saturated heterocycles. The van der Waals surface area contributed by atoms with E-state index in [1.54, 1.807) is 7.11 Å². The molecule has 2 aromatic heterocycles. The summed E-state index contributed by atoms with van der Waals surface area (Å²) in [5.74, 6) is 1.44. The molecule has 5 rings (SSSR count). The zero-order valence-corrected chi connectivity index (χ0v) is 16.0. The Morgan fingerprint density at radius 2 is 1.96 bits per heavy atom. The molecule has 3 aliphatic rings. The summed E-state index contributed by atoms with van der Waals surface area (Å²) < 4.78 is 6.81. The van der Waals surface area contributed by atoms with Gasteiger partial charge in [-0.2, -0.15) is 4.98 Å². The highest BCUT2D eigenvalue weighted by Gasteiger charge is 2.34. The Kier molecular flexibility index (Phi) is 4.52. The van der Waals surface area contributed by atoms with Crippen LogP contribution in [0.3, 0.4) is 0 Å². The number of nitrogens with two attached hydrogens (primary N) is 1. The fourth-order valence-electron chi connectivity index (χ4n) is 4.49. The van der Waals surface area contributed by atoms with E-state index in [0.717, 1.165) is 43.7 Å². The van der Waals surface area contributed by atoms with Gasteiger partial charge in [-0.3, -0.25) is 0 Å². The quantitative estimate of drug-likeness (QED) is 0.830. The first kappa shape index (κ1) is 17.3. The van der Waals surface area contributed by atoms with Crippen LogP contribution in [0, 0.1) is 0 Å². The number of hydrogen-bond donors (Lipinski definition) is 2. The number of nitrogens with zero attached hydrogens (tertiary/aromatic N) is 3. The van der Waals surface area contributed by atoms with Gasteiger partial charge in [0.15, 0.2) is 5.82 Å². The number of hydrogen-bond acceptors (Lipinski definition) is 7. The molecule has 2 bridgehead atoms. The van der Waals surface area contributed by atoms with Crippen molar-refractivity contribution in [3.05, 3.63) is 10.4 Å². The van der Waals surface area contributed by atoms with Crippen LogP contribution in [0.1, 0.15) is 29.7 Å². The zero-order chi connectivity index (χ0) is 16.3. The van der Waals surface area contributed by atoms with E-state index in [1.165, 1.54) is 28.0 Å². The van der Waals surface area contributed by atoms with Crippen molar-refractivity contribution in [1.29, 1.82) is 0 Å². The van der Waals surface area contributed by atoms with Crippen molar-refractivity contribution in [2.45, 2.75) is 50.3 Å². The molecule has 4 heterocycles. The Bertz CT molecular complexity index is 785. The molecular formula is C17H24ClN5OS. The minimum absolute atomic E-state index is 0. The lowest BCUT2D eigenvalue weighted by molar-refractivity contribution is 0.0919. The van der Waals surface area contributed by atoms with Crippen LogP contribution in [0.25, 0.3) is 10.2 Å². The highest BCUT2D eigenvalue weighted by atomic mass is 35.5. The Morgan fingerprint density at radius 1 is 1.20 bits per heavy atom. The van der Waals surface area contributed by atoms with Gasteiger partial charge in [-0.25, -0.2) is 4.98 Å². The Morgan fingerprint density at radius 3 is 2.68 bits per heavy atom. The van der Waals surface area contributed by atoms with Gasteiger partial charge in [0.25, 0.3) is 0 Å². The summed E-state index contributed by atoms with van der Waals surface area (Å²) >= 11 is 1.87. The van der Waals surface area contributed by atoms with Gasteiger partial charge < -0.3 is 20.7 Å². The number of thiophene rings is 1. The van der Waals surface area contributed by atoms with Gasteiger partial charge in [-0.1, -0.05) is 0 Å². The van der Waals surface area contributed by atoms with Crippen LogP contribution in [0.5, 0.6) is 0 Å². The average molecular weight is 382 g/mol. The molecule has 2 fully saturated rings. The molecule has 0 aromatic carbocycles. The molecule has 0 saturated carbocycles. The predicted octanol–water partition coefficient (Wildman–Crippen LogP) is 2.14. The molecule has 1 aliphatic carbocycles. The van der Waals surface area contributed by atoms with Gasteiger partial charge in [0, 0.05) is 43.6 Å². The van der Waals surface area contributed by atoms with Crippen molar-refractivity contribution in [1.82, 2.24) is 15.3 Å². The third kappa shape index (κ3) is 2.87. The average Bonchev–Trinajstić information content (AvgIpc) is 3.13. The molecule has 3 unspecified atom stereocenters. The molecule has 136 valence electrons. The second-order valence-electron chi connectivity index (χ2n) is 7.23. The molecule has 0 amide bonds. The van der Waals surface area contributed by atoms with Crippen LogP contribution in [-0.4, -0.2) is 48.4 Å². The number of halogens is 1. The first-order valence-electron chi connectivity index (χ1n) is 8.83. The van der Waals surface area contributed by atoms with E-state index >= 15 is 0 Å². The van der Waals surface area contributed by atoms with E-state index in [-0.39, 0.29) is 12.4 Å². The second-order valence-corrected chi connectivity index (χ2v) is 8.34. The Hall–Kier alpha value is -1.15. The third-order valence-electron chi connectivity index (χ3n) is 5.69. The van der Waals surface area contributed by atoms with Crippen LogP contribution >= 0.6 is 23.7 Å². The molecule has 8 heteroatoms. The molecular weight excluding hydrogens is 358 g/mol. The molecule has 0 spiro atoms. The van der Waals surface area contributed by atoms with Gasteiger partial charge in [0.2, 0.25) is 5.95 Å². The van der Waals surface area contributed by atoms with Crippen LogP contribution in [0.4, 0.5) is 11.8 Å². The number of anilines is 2. The zero-order valence-electron chi connectivity index (χ0n) is 14.3. The van der Waals surface area contributed by atoms with Gasteiger partial charge in [0.05, 0.1) is 16.3 Å². The normalized spacial score (nSPS) is 28.0. The van der Waals surface area contributed by atoms with Crippen molar-refractivity contribution in [3.8, 4) is 0 Å². The van der Waals surface area contributed by atoms with Crippen molar-refractivity contribution in [3.63, 3.8) is 0 Å². The molecule has 0 radical (unpaired) electrons. The number of piperazine rings is 1. The van der Waals surface area contributed by atoms with Gasteiger partial charge in [0.1, 0.15) is 0 Å². The highest BCUT2D eigenvalue weighted by molar-refractivity contribution is 7.19. The fourth-order valence-corrected chi connectivity index (χ4v) is 5.79. The maximum Gasteiger partial charge on any atom is 0.222 e. The van der Waals surface area contributed by atoms with Crippen LogP contribution in [-0.2, 0) is 17.6 Å². The summed E-state index contributed by atoms with van der Waals surface area (Å²) in [6.45, 7) is 2.04. The van der Waals surface area contributed by atoms with E-state index in [9.17, 15) is 0 Å². The van der Waals surface area contributed by atoms with Crippen LogP contribution in [0.2, 0.25) is 0 Å². The monoisotopic (exact) mass is 381 g/mol. The van der Waals surface area contributed by atoms with Crippen LogP contribution in [0.15, 0.2) is 0 Å². The first-order valence-corrected chi connectivity index (χ1v) is 9.64. The predicted molar refractivity (Wildman–Crippen MR) is 104 cm³/mol. The number of methoxy groups -OCH3 is 1. The lowest BCUT2D eigenvalue weighted by Gasteiger charge is -2.33. The van der Waals surface area contributed by atoms with Crippen molar-refractivity contribution in [2.75, 3.05) is 30.8 Å². The highest BCUT2D eigenvalue weighted by Crippen LogP contribution is 2.41. The standard InChI is InChI=1S/C17H23N5OS.ClH/c1-23-11-4-5-13-12(6-11)14-15(24-13)16(21-17(18)20-14)22-7-9-2-3-10(8-22)19-9;/h9-11,19H,2-8H2,1H3,(H2,18,20,21);1H. The molecule has 25 heavy (non-hydrogen) atoms. The molecule has 6 nitrogen and oxygen atoms in total. The lowest BCUT2D eigenvalue weighted by atomic mass is 9.95. The van der Waals surface area contributed by atoms with Gasteiger partial charge in [-0.05, 0) is 31.2 Å². The number of ether oxygens (including phenoxy) is 1. The third-order valence-corrected chi connectivity index (χ3v) is 6.96. The smallest absolute Gasteiger partial charge is 0.222 e. The van der Waals surface area contributed by atoms with E-state index in [1.807, 2.05) is 11.3 Å². The second kappa shape index (κ2) is 6.54. The number of nitrogen functional groups attached to an aromatic ring is 1. The summed E-state index contributed by atoms with van der Waals surface area (Å²) in [7, 11) is 1.80. The van der Waals surface area contributed by atoms with Crippen molar-refractivity contribution in [2.24, 2.45) is 0 Å². The summed E-state index contributed by atoms with van der Waals surface area (Å²) in [5, 5.41) is 3.69. The summed E-state index contributed by atoms with van der Waals surface area (Å²) in [6.07, 6.45) is 5.93. The minimum Gasteiger partial charge on any atom is -0.381 e. The van der Waals surface area contributed by atoms with Crippen molar-refractivity contribution < 1.29 is 4.74 Å². The molecule has 3 atom stereocenters. The number of nitrogens with one attached hydrogen (secondary N) is 1. The molecule has 3 N–H and O–H groups in total. The minimum atomic E-state index is 0. The SMILES string of the molecule is COC1CCc2sc3c(N4CC5CCC(C4)N5)nc(N)nc3c2C1.Cl.